The average Bonchev–Trinajstić information content (AvgIpc) is 2.43. The van der Waals surface area contributed by atoms with Crippen LogP contribution in [-0.4, -0.2) is 41.3 Å². The van der Waals surface area contributed by atoms with Crippen LogP contribution in [0.5, 0.6) is 0 Å². The fourth-order valence-electron chi connectivity index (χ4n) is 2.77. The van der Waals surface area contributed by atoms with Crippen LogP contribution in [0.2, 0.25) is 0 Å². The van der Waals surface area contributed by atoms with E-state index in [1.807, 2.05) is 52.1 Å². The normalized spacial score (nSPS) is 13.0. The van der Waals surface area contributed by atoms with Crippen molar-refractivity contribution in [2.45, 2.75) is 52.7 Å². The van der Waals surface area contributed by atoms with Crippen LogP contribution < -0.4 is 5.32 Å². The van der Waals surface area contributed by atoms with E-state index in [2.05, 4.69) is 30.6 Å². The van der Waals surface area contributed by atoms with Gasteiger partial charge in [0.25, 0.3) is 0 Å². The molecule has 1 atom stereocenters. The number of aliphatic hydroxyl groups is 1. The maximum absolute atomic E-state index is 11.8. The molecule has 0 aliphatic rings. The van der Waals surface area contributed by atoms with E-state index in [9.17, 15) is 9.90 Å². The van der Waals surface area contributed by atoms with E-state index in [0.717, 1.165) is 18.5 Å². The predicted octanol–water partition coefficient (Wildman–Crippen LogP) is 4.60. The van der Waals surface area contributed by atoms with Crippen molar-refractivity contribution in [2.75, 3.05) is 18.9 Å². The number of benzene rings is 1. The lowest BCUT2D eigenvalue weighted by atomic mass is 10.0. The number of carbonyl (C=O) groups is 1. The van der Waals surface area contributed by atoms with E-state index in [1.54, 1.807) is 0 Å². The zero-order chi connectivity index (χ0) is 19.2. The zero-order valence-corrected chi connectivity index (χ0v) is 16.3. The van der Waals surface area contributed by atoms with Crippen LogP contribution in [0.4, 0.5) is 10.5 Å². The van der Waals surface area contributed by atoms with Crippen molar-refractivity contribution in [3.63, 3.8) is 0 Å². The predicted molar refractivity (Wildman–Crippen MR) is 103 cm³/mol. The number of nitrogens with one attached hydrogen (secondary N) is 1. The summed E-state index contributed by atoms with van der Waals surface area (Å²) in [7, 11) is 1.99. The minimum absolute atomic E-state index is 0.0480. The highest BCUT2D eigenvalue weighted by atomic mass is 16.6. The fourth-order valence-corrected chi connectivity index (χ4v) is 2.77. The van der Waals surface area contributed by atoms with Gasteiger partial charge in [-0.05, 0) is 57.9 Å². The van der Waals surface area contributed by atoms with Gasteiger partial charge in [0, 0.05) is 12.2 Å². The number of amides is 1. The van der Waals surface area contributed by atoms with Crippen LogP contribution in [0.25, 0.3) is 0 Å². The van der Waals surface area contributed by atoms with E-state index in [1.165, 1.54) is 0 Å². The molecular weight excluding hydrogens is 316 g/mol. The molecule has 140 valence electrons. The zero-order valence-electron chi connectivity index (χ0n) is 16.3. The van der Waals surface area contributed by atoms with Crippen molar-refractivity contribution in [3.05, 3.63) is 42.2 Å². The van der Waals surface area contributed by atoms with Crippen LogP contribution in [-0.2, 0) is 11.2 Å². The van der Waals surface area contributed by atoms with Gasteiger partial charge in [0.15, 0.2) is 0 Å². The van der Waals surface area contributed by atoms with Crippen molar-refractivity contribution in [2.24, 2.45) is 5.92 Å². The molecule has 0 fully saturated rings. The first-order valence-electron chi connectivity index (χ1n) is 8.66. The van der Waals surface area contributed by atoms with Crippen molar-refractivity contribution >= 4 is 11.8 Å². The average molecular weight is 348 g/mol. The number of anilines is 1. The van der Waals surface area contributed by atoms with Crippen LogP contribution in [0.1, 0.15) is 40.2 Å². The first kappa shape index (κ1) is 21.0. The summed E-state index contributed by atoms with van der Waals surface area (Å²) in [5.74, 6) is 0.498. The molecular formula is C20H32N2O3. The first-order chi connectivity index (χ1) is 11.5. The summed E-state index contributed by atoms with van der Waals surface area (Å²) in [6.45, 7) is 14.1. The quantitative estimate of drug-likeness (QED) is 0.707. The minimum atomic E-state index is -0.516. The second kappa shape index (κ2) is 8.90. The van der Waals surface area contributed by atoms with Gasteiger partial charge in [-0.3, -0.25) is 10.2 Å². The summed E-state index contributed by atoms with van der Waals surface area (Å²) >= 11 is 0. The Morgan fingerprint density at radius 2 is 1.84 bits per heavy atom. The molecule has 5 heteroatoms. The molecule has 0 aliphatic carbocycles. The van der Waals surface area contributed by atoms with Crippen LogP contribution in [0.15, 0.2) is 36.6 Å². The van der Waals surface area contributed by atoms with Crippen LogP contribution >= 0.6 is 0 Å². The third kappa shape index (κ3) is 7.61. The number of hydrogen-bond acceptors (Lipinski definition) is 4. The van der Waals surface area contributed by atoms with Gasteiger partial charge in [0.05, 0.1) is 6.04 Å². The highest BCUT2D eigenvalue weighted by Crippen LogP contribution is 2.17. The molecule has 0 unspecified atom stereocenters. The Hall–Kier alpha value is -2.01. The molecule has 25 heavy (non-hydrogen) atoms. The van der Waals surface area contributed by atoms with Crippen LogP contribution in [0, 0.1) is 5.92 Å². The molecule has 0 aromatic heterocycles. The van der Waals surface area contributed by atoms with E-state index < -0.39 is 11.7 Å². The van der Waals surface area contributed by atoms with E-state index in [0.29, 0.717) is 11.6 Å². The number of rotatable bonds is 7. The molecule has 0 bridgehead atoms. The Labute approximate surface area is 151 Å². The molecule has 1 amide bonds. The molecule has 0 radical (unpaired) electrons. The smallest absolute Gasteiger partial charge is 0.412 e. The van der Waals surface area contributed by atoms with Gasteiger partial charge in [-0.15, -0.1) is 0 Å². The Balaban J connectivity index is 2.57. The lowest BCUT2D eigenvalue weighted by molar-refractivity contribution is 0.0636. The van der Waals surface area contributed by atoms with Crippen molar-refractivity contribution < 1.29 is 14.6 Å². The number of aliphatic hydroxyl groups excluding tert-OH is 1. The number of ether oxygens (including phenoxy) is 1. The highest BCUT2D eigenvalue weighted by molar-refractivity contribution is 5.84. The second-order valence-corrected chi connectivity index (χ2v) is 7.73. The lowest BCUT2D eigenvalue weighted by Gasteiger charge is -2.30. The number of carbonyl (C=O) groups excluding carboxylic acids is 1. The summed E-state index contributed by atoms with van der Waals surface area (Å²) in [6, 6.07) is 7.65. The molecule has 1 rings (SSSR count). The third-order valence-corrected chi connectivity index (χ3v) is 3.80. The highest BCUT2D eigenvalue weighted by Gasteiger charge is 2.21. The number of hydrogen-bond donors (Lipinski definition) is 2. The maximum Gasteiger partial charge on any atom is 0.412 e. The first-order valence-corrected chi connectivity index (χ1v) is 8.66. The summed E-state index contributed by atoms with van der Waals surface area (Å²) in [5, 5.41) is 12.5. The SMILES string of the molecule is C=C(O)[C@H](C(C)C)N(C)CCc1ccc(NC(=O)OC(C)(C)C)cc1. The van der Waals surface area contributed by atoms with E-state index in [4.69, 9.17) is 4.74 Å². The Morgan fingerprint density at radius 1 is 1.28 bits per heavy atom. The van der Waals surface area contributed by atoms with Gasteiger partial charge in [-0.2, -0.15) is 0 Å². The van der Waals surface area contributed by atoms with Gasteiger partial charge in [0.1, 0.15) is 11.4 Å². The molecule has 1 aromatic rings. The lowest BCUT2D eigenvalue weighted by Crippen LogP contribution is -2.38. The van der Waals surface area contributed by atoms with Crippen molar-refractivity contribution in [3.8, 4) is 0 Å². The third-order valence-electron chi connectivity index (χ3n) is 3.80. The van der Waals surface area contributed by atoms with Crippen LogP contribution in [0.3, 0.4) is 0 Å². The standard InChI is InChI=1S/C20H32N2O3/c1-14(2)18(15(3)23)22(7)13-12-16-8-10-17(11-9-16)21-19(24)25-20(4,5)6/h8-11,14,18,23H,3,12-13H2,1-2,4-7H3,(H,21,24)/t18-/m0/s1. The Kier molecular flexibility index (Phi) is 7.49. The molecule has 2 N–H and O–H groups in total. The Bertz CT molecular complexity index is 574. The van der Waals surface area contributed by atoms with Gasteiger partial charge in [-0.1, -0.05) is 32.6 Å². The molecule has 1 aromatic carbocycles. The Morgan fingerprint density at radius 3 is 2.28 bits per heavy atom. The fraction of sp³-hybridized carbons (Fsp3) is 0.550. The van der Waals surface area contributed by atoms with Gasteiger partial charge < -0.3 is 9.84 Å². The van der Waals surface area contributed by atoms with Gasteiger partial charge >= 0.3 is 6.09 Å². The molecule has 0 aliphatic heterocycles. The summed E-state index contributed by atoms with van der Waals surface area (Å²) in [6.07, 6.45) is 0.390. The summed E-state index contributed by atoms with van der Waals surface area (Å²) in [4.78, 5) is 13.9. The minimum Gasteiger partial charge on any atom is -0.511 e. The van der Waals surface area contributed by atoms with E-state index in [-0.39, 0.29) is 11.8 Å². The largest absolute Gasteiger partial charge is 0.511 e. The topological polar surface area (TPSA) is 61.8 Å². The number of nitrogens with zero attached hydrogens (tertiary/aromatic N) is 1. The molecule has 0 saturated heterocycles. The molecule has 5 nitrogen and oxygen atoms in total. The monoisotopic (exact) mass is 348 g/mol. The summed E-state index contributed by atoms with van der Waals surface area (Å²) in [5.41, 5.74) is 1.35. The van der Waals surface area contributed by atoms with E-state index >= 15 is 0 Å². The van der Waals surface area contributed by atoms with Crippen molar-refractivity contribution in [1.29, 1.82) is 0 Å². The molecule has 0 saturated carbocycles. The van der Waals surface area contributed by atoms with Crippen molar-refractivity contribution in [1.82, 2.24) is 4.90 Å². The summed E-state index contributed by atoms with van der Waals surface area (Å²) < 4.78 is 5.23. The number of likely N-dealkylation sites (N-methyl/N-ethyl adjacent to an activating group) is 1. The molecule has 0 heterocycles. The van der Waals surface area contributed by atoms with Gasteiger partial charge in [0.2, 0.25) is 0 Å². The molecule has 0 spiro atoms. The van der Waals surface area contributed by atoms with Gasteiger partial charge in [-0.25, -0.2) is 4.79 Å². The maximum atomic E-state index is 11.8. The second-order valence-electron chi connectivity index (χ2n) is 7.73.